The van der Waals surface area contributed by atoms with Gasteiger partial charge in [-0.05, 0) is 36.2 Å². The fraction of sp³-hybridized carbons (Fsp3) is 0.160. The van der Waals surface area contributed by atoms with E-state index in [0.29, 0.717) is 6.54 Å². The number of carbonyl (C=O) groups excluding carboxylic acids is 1. The number of aromatic amines is 1. The molecule has 0 aliphatic rings. The van der Waals surface area contributed by atoms with E-state index in [1.807, 2.05) is 42.6 Å². The average Bonchev–Trinajstić information content (AvgIpc) is 3.21. The van der Waals surface area contributed by atoms with Crippen LogP contribution >= 0.6 is 0 Å². The van der Waals surface area contributed by atoms with E-state index in [-0.39, 0.29) is 11.6 Å². The molecule has 3 N–H and O–H groups in total. The Bertz CT molecular complexity index is 1190. The highest BCUT2D eigenvalue weighted by molar-refractivity contribution is 5.94. The zero-order chi connectivity index (χ0) is 21.8. The van der Waals surface area contributed by atoms with Crippen LogP contribution in [-0.4, -0.2) is 23.5 Å². The number of hydrogen-bond donors (Lipinski definition) is 3. The number of benzene rings is 3. The molecule has 0 fully saturated rings. The van der Waals surface area contributed by atoms with Gasteiger partial charge in [0.2, 0.25) is 5.91 Å². The second-order valence-electron chi connectivity index (χ2n) is 7.50. The van der Waals surface area contributed by atoms with Crippen LogP contribution in [0.1, 0.15) is 24.0 Å². The highest BCUT2D eigenvalue weighted by Crippen LogP contribution is 2.30. The maximum Gasteiger partial charge on any atom is 0.241 e. The third-order valence-electron chi connectivity index (χ3n) is 5.41. The van der Waals surface area contributed by atoms with Crippen LogP contribution in [0.25, 0.3) is 10.9 Å². The molecule has 0 radical (unpaired) electrons. The summed E-state index contributed by atoms with van der Waals surface area (Å²) in [4.78, 5) is 15.9. The van der Waals surface area contributed by atoms with E-state index in [1.54, 1.807) is 6.92 Å². The molecular formula is C25H23F2N3O. The molecular weight excluding hydrogens is 396 g/mol. The maximum absolute atomic E-state index is 13.9. The Balaban J connectivity index is 1.52. The summed E-state index contributed by atoms with van der Waals surface area (Å²) in [5.74, 6) is -1.72. The molecule has 6 heteroatoms. The molecule has 0 saturated carbocycles. The number of fused-ring (bicyclic) bond motifs is 1. The third-order valence-corrected chi connectivity index (χ3v) is 5.41. The molecule has 0 aliphatic heterocycles. The van der Waals surface area contributed by atoms with Gasteiger partial charge in [-0.25, -0.2) is 8.78 Å². The summed E-state index contributed by atoms with van der Waals surface area (Å²) < 4.78 is 27.2. The van der Waals surface area contributed by atoms with Crippen molar-refractivity contribution in [2.75, 3.05) is 11.9 Å². The van der Waals surface area contributed by atoms with Crippen molar-refractivity contribution in [3.05, 3.63) is 102 Å². The first-order valence-electron chi connectivity index (χ1n) is 10.1. The van der Waals surface area contributed by atoms with Crippen LogP contribution in [-0.2, 0) is 4.79 Å². The van der Waals surface area contributed by atoms with Crippen LogP contribution in [0.4, 0.5) is 14.5 Å². The Hall–Kier alpha value is -3.51. The topological polar surface area (TPSA) is 56.9 Å². The Labute approximate surface area is 179 Å². The number of halogens is 2. The summed E-state index contributed by atoms with van der Waals surface area (Å²) in [7, 11) is 0. The van der Waals surface area contributed by atoms with Crippen LogP contribution in [0.5, 0.6) is 0 Å². The van der Waals surface area contributed by atoms with Gasteiger partial charge in [0.1, 0.15) is 11.6 Å². The number of H-pyrrole nitrogens is 1. The summed E-state index contributed by atoms with van der Waals surface area (Å²) in [6.45, 7) is 2.19. The molecule has 2 unspecified atom stereocenters. The predicted octanol–water partition coefficient (Wildman–Crippen LogP) is 5.19. The fourth-order valence-electron chi connectivity index (χ4n) is 3.70. The van der Waals surface area contributed by atoms with Gasteiger partial charge in [-0.1, -0.05) is 48.5 Å². The highest BCUT2D eigenvalue weighted by atomic mass is 19.1. The smallest absolute Gasteiger partial charge is 0.241 e. The Morgan fingerprint density at radius 2 is 1.74 bits per heavy atom. The number of para-hydroxylation sites is 1. The molecule has 1 heterocycles. The minimum Gasteiger partial charge on any atom is -0.361 e. The van der Waals surface area contributed by atoms with Gasteiger partial charge in [-0.15, -0.1) is 0 Å². The van der Waals surface area contributed by atoms with Gasteiger partial charge in [-0.2, -0.15) is 0 Å². The Morgan fingerprint density at radius 1 is 1.00 bits per heavy atom. The number of aromatic nitrogens is 1. The van der Waals surface area contributed by atoms with Gasteiger partial charge in [-0.3, -0.25) is 4.79 Å². The number of nitrogens with one attached hydrogen (secondary N) is 3. The summed E-state index contributed by atoms with van der Waals surface area (Å²) in [5, 5.41) is 6.82. The lowest BCUT2D eigenvalue weighted by molar-refractivity contribution is -0.117. The van der Waals surface area contributed by atoms with Gasteiger partial charge in [0.05, 0.1) is 11.7 Å². The van der Waals surface area contributed by atoms with E-state index in [0.717, 1.165) is 40.2 Å². The lowest BCUT2D eigenvalue weighted by Crippen LogP contribution is -2.40. The van der Waals surface area contributed by atoms with Crippen LogP contribution in [0.3, 0.4) is 0 Å². The molecule has 4 rings (SSSR count). The number of amides is 1. The SMILES string of the molecule is CC(NCC(c1ccccc1)c1c[nH]c2ccccc12)C(=O)Nc1cc(F)ccc1F. The van der Waals surface area contributed by atoms with Crippen LogP contribution in [0.15, 0.2) is 79.0 Å². The highest BCUT2D eigenvalue weighted by Gasteiger charge is 2.21. The third kappa shape index (κ3) is 4.64. The fourth-order valence-corrected chi connectivity index (χ4v) is 3.70. The molecule has 3 aromatic carbocycles. The second-order valence-corrected chi connectivity index (χ2v) is 7.50. The van der Waals surface area contributed by atoms with E-state index in [9.17, 15) is 13.6 Å². The molecule has 4 aromatic rings. The molecule has 0 aliphatic carbocycles. The van der Waals surface area contributed by atoms with Crippen molar-refractivity contribution in [3.63, 3.8) is 0 Å². The standard InChI is InChI=1S/C25H23F2N3O/c1-16(25(31)30-24-13-18(26)11-12-22(24)27)28-14-20(17-7-3-2-4-8-17)21-15-29-23-10-6-5-9-19(21)23/h2-13,15-16,20,28-29H,14H2,1H3,(H,30,31). The average molecular weight is 419 g/mol. The molecule has 31 heavy (non-hydrogen) atoms. The van der Waals surface area contributed by atoms with Gasteiger partial charge in [0.15, 0.2) is 0 Å². The molecule has 0 bridgehead atoms. The van der Waals surface area contributed by atoms with Crippen molar-refractivity contribution < 1.29 is 13.6 Å². The van der Waals surface area contributed by atoms with Gasteiger partial charge < -0.3 is 15.6 Å². The van der Waals surface area contributed by atoms with Crippen LogP contribution < -0.4 is 10.6 Å². The van der Waals surface area contributed by atoms with Crippen molar-refractivity contribution in [1.82, 2.24) is 10.3 Å². The minimum absolute atomic E-state index is 0.00138. The number of hydrogen-bond acceptors (Lipinski definition) is 2. The van der Waals surface area contributed by atoms with Crippen molar-refractivity contribution >= 4 is 22.5 Å². The molecule has 4 nitrogen and oxygen atoms in total. The van der Waals surface area contributed by atoms with Crippen molar-refractivity contribution in [1.29, 1.82) is 0 Å². The van der Waals surface area contributed by atoms with Gasteiger partial charge in [0.25, 0.3) is 0 Å². The van der Waals surface area contributed by atoms with Crippen LogP contribution in [0.2, 0.25) is 0 Å². The van der Waals surface area contributed by atoms with Crippen molar-refractivity contribution in [2.45, 2.75) is 18.9 Å². The van der Waals surface area contributed by atoms with Gasteiger partial charge in [0, 0.05) is 35.6 Å². The van der Waals surface area contributed by atoms with E-state index in [1.165, 1.54) is 0 Å². The lowest BCUT2D eigenvalue weighted by Gasteiger charge is -2.21. The maximum atomic E-state index is 13.9. The molecule has 1 amide bonds. The molecule has 0 saturated heterocycles. The Morgan fingerprint density at radius 3 is 2.55 bits per heavy atom. The predicted molar refractivity (Wildman–Crippen MR) is 119 cm³/mol. The second kappa shape index (κ2) is 9.10. The lowest BCUT2D eigenvalue weighted by atomic mass is 9.90. The normalized spacial score (nSPS) is 13.1. The summed E-state index contributed by atoms with van der Waals surface area (Å²) in [6.07, 6.45) is 2.00. The van der Waals surface area contributed by atoms with E-state index in [4.69, 9.17) is 0 Å². The molecule has 0 spiro atoms. The first-order chi connectivity index (χ1) is 15.0. The summed E-state index contributed by atoms with van der Waals surface area (Å²) in [5.41, 5.74) is 3.11. The van der Waals surface area contributed by atoms with Crippen molar-refractivity contribution in [3.8, 4) is 0 Å². The van der Waals surface area contributed by atoms with E-state index in [2.05, 4.69) is 33.8 Å². The largest absolute Gasteiger partial charge is 0.361 e. The van der Waals surface area contributed by atoms with E-state index >= 15 is 0 Å². The quantitative estimate of drug-likeness (QED) is 0.386. The molecule has 1 aromatic heterocycles. The summed E-state index contributed by atoms with van der Waals surface area (Å²) >= 11 is 0. The number of carbonyl (C=O) groups is 1. The number of anilines is 1. The number of rotatable bonds is 7. The summed E-state index contributed by atoms with van der Waals surface area (Å²) in [6, 6.07) is 20.5. The first-order valence-corrected chi connectivity index (χ1v) is 10.1. The Kier molecular flexibility index (Phi) is 6.09. The zero-order valence-corrected chi connectivity index (χ0v) is 17.0. The van der Waals surface area contributed by atoms with Crippen LogP contribution in [0, 0.1) is 11.6 Å². The zero-order valence-electron chi connectivity index (χ0n) is 17.0. The first kappa shape index (κ1) is 20.8. The monoisotopic (exact) mass is 419 g/mol. The van der Waals surface area contributed by atoms with Gasteiger partial charge >= 0.3 is 0 Å². The minimum atomic E-state index is -0.678. The van der Waals surface area contributed by atoms with Crippen molar-refractivity contribution in [2.24, 2.45) is 0 Å². The molecule has 158 valence electrons. The van der Waals surface area contributed by atoms with E-state index < -0.39 is 23.6 Å². The molecule has 2 atom stereocenters.